The van der Waals surface area contributed by atoms with Crippen molar-refractivity contribution in [1.29, 1.82) is 0 Å². The van der Waals surface area contributed by atoms with Gasteiger partial charge in [-0.05, 0) is 23.8 Å². The highest BCUT2D eigenvalue weighted by Crippen LogP contribution is 2.07. The fourth-order valence-electron chi connectivity index (χ4n) is 1.59. The summed E-state index contributed by atoms with van der Waals surface area (Å²) in [4.78, 5) is 25.8. The minimum atomic E-state index is -0.208. The lowest BCUT2D eigenvalue weighted by Gasteiger charge is -2.21. The molecule has 1 rings (SSSR count). The topological polar surface area (TPSA) is 75.4 Å². The Balaban J connectivity index is 2.30. The Morgan fingerprint density at radius 3 is 2.70 bits per heavy atom. The molecule has 0 aliphatic rings. The monoisotopic (exact) mass is 297 g/mol. The highest BCUT2D eigenvalue weighted by Gasteiger charge is 2.14. The van der Waals surface area contributed by atoms with Crippen molar-refractivity contribution in [3.8, 4) is 0 Å². The zero-order valence-corrected chi connectivity index (χ0v) is 13.1. The van der Waals surface area contributed by atoms with Crippen LogP contribution in [0.4, 0.5) is 0 Å². The van der Waals surface area contributed by atoms with E-state index in [4.69, 9.17) is 5.73 Å². The summed E-state index contributed by atoms with van der Waals surface area (Å²) in [5.74, 6) is 0.0866. The summed E-state index contributed by atoms with van der Waals surface area (Å²) >= 11 is 1.35. The normalized spacial score (nSPS) is 12.2. The van der Waals surface area contributed by atoms with Crippen molar-refractivity contribution < 1.29 is 9.59 Å². The van der Waals surface area contributed by atoms with E-state index in [1.807, 2.05) is 5.38 Å². The van der Waals surface area contributed by atoms with Gasteiger partial charge in [0, 0.05) is 19.6 Å². The summed E-state index contributed by atoms with van der Waals surface area (Å²) < 4.78 is 0. The average molecular weight is 297 g/mol. The highest BCUT2D eigenvalue weighted by atomic mass is 32.1. The maximum Gasteiger partial charge on any atom is 0.261 e. The third-order valence-corrected chi connectivity index (χ3v) is 4.09. The van der Waals surface area contributed by atoms with Crippen molar-refractivity contribution >= 4 is 23.2 Å². The standard InChI is InChI=1S/C14H23N3O2S/c1-10(2)11(15)6-7-17(3)13(18)9-16-14(19)12-5-4-8-20-12/h4-5,8,10-11H,6-7,9,15H2,1-3H3,(H,16,19). The molecule has 0 bridgehead atoms. The summed E-state index contributed by atoms with van der Waals surface area (Å²) in [6.07, 6.45) is 0.763. The number of amides is 2. The Bertz CT molecular complexity index is 432. The molecule has 0 saturated carbocycles. The van der Waals surface area contributed by atoms with E-state index in [9.17, 15) is 9.59 Å². The van der Waals surface area contributed by atoms with E-state index >= 15 is 0 Å². The second-order valence-corrected chi connectivity index (χ2v) is 6.12. The highest BCUT2D eigenvalue weighted by molar-refractivity contribution is 7.12. The van der Waals surface area contributed by atoms with Crippen molar-refractivity contribution in [3.05, 3.63) is 22.4 Å². The van der Waals surface area contributed by atoms with Crippen LogP contribution in [-0.4, -0.2) is 42.9 Å². The van der Waals surface area contributed by atoms with E-state index in [0.717, 1.165) is 6.42 Å². The number of nitrogens with two attached hydrogens (primary N) is 1. The molecule has 0 aromatic carbocycles. The molecular formula is C14H23N3O2S. The molecule has 1 aromatic rings. The minimum absolute atomic E-state index is 0.0180. The van der Waals surface area contributed by atoms with Gasteiger partial charge in [0.15, 0.2) is 0 Å². The van der Waals surface area contributed by atoms with E-state index < -0.39 is 0 Å². The predicted molar refractivity (Wildman–Crippen MR) is 81.7 cm³/mol. The van der Waals surface area contributed by atoms with E-state index in [1.165, 1.54) is 11.3 Å². The first-order valence-electron chi connectivity index (χ1n) is 6.73. The molecular weight excluding hydrogens is 274 g/mol. The molecule has 0 aliphatic carbocycles. The Morgan fingerprint density at radius 2 is 2.15 bits per heavy atom. The average Bonchev–Trinajstić information content (AvgIpc) is 2.95. The van der Waals surface area contributed by atoms with Crippen LogP contribution in [0.15, 0.2) is 17.5 Å². The summed E-state index contributed by atoms with van der Waals surface area (Å²) in [5, 5.41) is 4.45. The first kappa shape index (κ1) is 16.7. The van der Waals surface area contributed by atoms with Crippen LogP contribution in [0.1, 0.15) is 29.9 Å². The molecule has 1 unspecified atom stereocenters. The van der Waals surface area contributed by atoms with Gasteiger partial charge < -0.3 is 16.0 Å². The third-order valence-electron chi connectivity index (χ3n) is 3.23. The van der Waals surface area contributed by atoms with Crippen molar-refractivity contribution in [2.45, 2.75) is 26.3 Å². The molecule has 0 saturated heterocycles. The molecule has 3 N–H and O–H groups in total. The molecule has 5 nitrogen and oxygen atoms in total. The van der Waals surface area contributed by atoms with Gasteiger partial charge in [-0.15, -0.1) is 11.3 Å². The Kier molecular flexibility index (Phi) is 6.67. The van der Waals surface area contributed by atoms with E-state index in [2.05, 4.69) is 19.2 Å². The lowest BCUT2D eigenvalue weighted by atomic mass is 10.0. The van der Waals surface area contributed by atoms with Gasteiger partial charge in [-0.3, -0.25) is 9.59 Å². The molecule has 0 fully saturated rings. The van der Waals surface area contributed by atoms with Crippen LogP contribution in [0.2, 0.25) is 0 Å². The third kappa shape index (κ3) is 5.30. The van der Waals surface area contributed by atoms with Gasteiger partial charge in [-0.2, -0.15) is 0 Å². The second kappa shape index (κ2) is 8.01. The van der Waals surface area contributed by atoms with Crippen molar-refractivity contribution in [2.24, 2.45) is 11.7 Å². The van der Waals surface area contributed by atoms with Crippen molar-refractivity contribution in [2.75, 3.05) is 20.1 Å². The number of carbonyl (C=O) groups is 2. The minimum Gasteiger partial charge on any atom is -0.344 e. The van der Waals surface area contributed by atoms with Gasteiger partial charge in [0.2, 0.25) is 5.91 Å². The van der Waals surface area contributed by atoms with Gasteiger partial charge in [-0.25, -0.2) is 0 Å². The summed E-state index contributed by atoms with van der Waals surface area (Å²) in [5.41, 5.74) is 5.94. The van der Waals surface area contributed by atoms with Crippen LogP contribution in [0.5, 0.6) is 0 Å². The van der Waals surface area contributed by atoms with Crippen molar-refractivity contribution in [3.63, 3.8) is 0 Å². The first-order chi connectivity index (χ1) is 9.41. The Hall–Kier alpha value is -1.40. The number of hydrogen-bond donors (Lipinski definition) is 2. The largest absolute Gasteiger partial charge is 0.344 e. The number of nitrogens with zero attached hydrogens (tertiary/aromatic N) is 1. The van der Waals surface area contributed by atoms with Gasteiger partial charge in [0.25, 0.3) is 5.91 Å². The Morgan fingerprint density at radius 1 is 1.45 bits per heavy atom. The SMILES string of the molecule is CC(C)C(N)CCN(C)C(=O)CNC(=O)c1cccs1. The quantitative estimate of drug-likeness (QED) is 0.797. The number of thiophene rings is 1. The van der Waals surface area contributed by atoms with Gasteiger partial charge in [0.1, 0.15) is 0 Å². The van der Waals surface area contributed by atoms with Gasteiger partial charge in [-0.1, -0.05) is 19.9 Å². The lowest BCUT2D eigenvalue weighted by Crippen LogP contribution is -2.40. The molecule has 0 radical (unpaired) electrons. The van der Waals surface area contributed by atoms with Crippen LogP contribution in [0.25, 0.3) is 0 Å². The molecule has 0 aliphatic heterocycles. The zero-order chi connectivity index (χ0) is 15.1. The van der Waals surface area contributed by atoms with E-state index in [1.54, 1.807) is 24.1 Å². The van der Waals surface area contributed by atoms with E-state index in [0.29, 0.717) is 17.3 Å². The van der Waals surface area contributed by atoms with Crippen LogP contribution < -0.4 is 11.1 Å². The summed E-state index contributed by atoms with van der Waals surface area (Å²) in [6.45, 7) is 4.75. The van der Waals surface area contributed by atoms with Gasteiger partial charge >= 0.3 is 0 Å². The zero-order valence-electron chi connectivity index (χ0n) is 12.3. The lowest BCUT2D eigenvalue weighted by molar-refractivity contribution is -0.128. The molecule has 1 atom stereocenters. The maximum atomic E-state index is 11.9. The second-order valence-electron chi connectivity index (χ2n) is 5.17. The van der Waals surface area contributed by atoms with Crippen LogP contribution in [0.3, 0.4) is 0 Å². The number of likely N-dealkylation sites (N-methyl/N-ethyl adjacent to an activating group) is 1. The molecule has 1 aromatic heterocycles. The predicted octanol–water partition coefficient (Wildman–Crippen LogP) is 1.31. The number of hydrogen-bond acceptors (Lipinski definition) is 4. The number of rotatable bonds is 7. The van der Waals surface area contributed by atoms with Crippen LogP contribution in [0, 0.1) is 5.92 Å². The molecule has 0 spiro atoms. The molecule has 1 heterocycles. The molecule has 2 amide bonds. The smallest absolute Gasteiger partial charge is 0.261 e. The van der Waals surface area contributed by atoms with E-state index in [-0.39, 0.29) is 24.4 Å². The fraction of sp³-hybridized carbons (Fsp3) is 0.571. The summed E-state index contributed by atoms with van der Waals surface area (Å²) in [6, 6.07) is 3.63. The van der Waals surface area contributed by atoms with Gasteiger partial charge in [0.05, 0.1) is 11.4 Å². The fourth-order valence-corrected chi connectivity index (χ4v) is 2.23. The van der Waals surface area contributed by atoms with Crippen molar-refractivity contribution in [1.82, 2.24) is 10.2 Å². The Labute approximate surface area is 124 Å². The molecule has 6 heteroatoms. The molecule has 112 valence electrons. The number of nitrogens with one attached hydrogen (secondary N) is 1. The summed E-state index contributed by atoms with van der Waals surface area (Å²) in [7, 11) is 1.73. The molecule has 20 heavy (non-hydrogen) atoms. The van der Waals surface area contributed by atoms with Crippen LogP contribution >= 0.6 is 11.3 Å². The maximum absolute atomic E-state index is 11.9. The number of carbonyl (C=O) groups excluding carboxylic acids is 2. The first-order valence-corrected chi connectivity index (χ1v) is 7.61. The van der Waals surface area contributed by atoms with Crippen LogP contribution in [-0.2, 0) is 4.79 Å².